The van der Waals surface area contributed by atoms with Crippen molar-refractivity contribution in [3.05, 3.63) is 114 Å². The van der Waals surface area contributed by atoms with E-state index in [9.17, 15) is 0 Å². The zero-order chi connectivity index (χ0) is 23.2. The fourth-order valence-electron chi connectivity index (χ4n) is 5.02. The van der Waals surface area contributed by atoms with Gasteiger partial charge in [0.15, 0.2) is 6.20 Å². The first-order chi connectivity index (χ1) is 16.6. The summed E-state index contributed by atoms with van der Waals surface area (Å²) in [5.74, 6) is 0. The molecule has 2 nitrogen and oxygen atoms in total. The molecule has 0 fully saturated rings. The van der Waals surface area contributed by atoms with Crippen LogP contribution in [0.15, 0.2) is 108 Å². The summed E-state index contributed by atoms with van der Waals surface area (Å²) < 4.78 is 8.83. The van der Waals surface area contributed by atoms with Gasteiger partial charge >= 0.3 is 0 Å². The summed E-state index contributed by atoms with van der Waals surface area (Å²) in [5.41, 5.74) is 11.4. The molecule has 0 saturated heterocycles. The molecular weight excluding hydrogens is 414 g/mol. The van der Waals surface area contributed by atoms with Crippen molar-refractivity contribution in [2.75, 3.05) is 0 Å². The lowest BCUT2D eigenvalue weighted by Gasteiger charge is -2.08. The van der Waals surface area contributed by atoms with Crippen molar-refractivity contribution in [2.24, 2.45) is 7.05 Å². The van der Waals surface area contributed by atoms with Gasteiger partial charge in [0.25, 0.3) is 0 Å². The van der Waals surface area contributed by atoms with Gasteiger partial charge in [-0.15, -0.1) is 0 Å². The molecule has 6 aromatic rings. The molecule has 2 heterocycles. The molecule has 6 rings (SSSR count). The van der Waals surface area contributed by atoms with Crippen LogP contribution >= 0.6 is 0 Å². The Bertz CT molecular complexity index is 1670. The Morgan fingerprint density at radius 1 is 0.559 bits per heavy atom. The Balaban J connectivity index is 1.54. The molecule has 0 unspecified atom stereocenters. The third-order valence-electron chi connectivity index (χ3n) is 6.84. The van der Waals surface area contributed by atoms with E-state index in [0.29, 0.717) is 0 Å². The van der Waals surface area contributed by atoms with E-state index in [1.165, 1.54) is 22.3 Å². The molecule has 0 aliphatic rings. The molecule has 0 saturated carbocycles. The number of benzene rings is 4. The quantitative estimate of drug-likeness (QED) is 0.255. The van der Waals surface area contributed by atoms with Crippen LogP contribution in [0.4, 0.5) is 0 Å². The minimum Gasteiger partial charge on any atom is -0.454 e. The number of pyridine rings is 1. The predicted molar refractivity (Wildman–Crippen MR) is 141 cm³/mol. The van der Waals surface area contributed by atoms with Crippen molar-refractivity contribution in [3.8, 4) is 33.5 Å². The van der Waals surface area contributed by atoms with E-state index in [1.807, 2.05) is 0 Å². The summed E-state index contributed by atoms with van der Waals surface area (Å²) in [6.07, 6.45) is 2.08. The first kappa shape index (κ1) is 20.4. The van der Waals surface area contributed by atoms with Crippen LogP contribution in [-0.4, -0.2) is 0 Å². The second-order valence-corrected chi connectivity index (χ2v) is 9.01. The Morgan fingerprint density at radius 2 is 1.24 bits per heavy atom. The number of rotatable bonds is 3. The molecule has 2 aromatic heterocycles. The SMILES string of the molecule is Cc1ccccc1-c1ccc(-c2cccc3c2oc2c(-c4cccc[n+]4C)c(C)ccc23)cc1. The van der Waals surface area contributed by atoms with Gasteiger partial charge in [-0.05, 0) is 47.7 Å². The van der Waals surface area contributed by atoms with E-state index in [0.717, 1.165) is 44.3 Å². The topological polar surface area (TPSA) is 17.0 Å². The summed E-state index contributed by atoms with van der Waals surface area (Å²) >= 11 is 0. The number of furan rings is 1. The molecule has 0 radical (unpaired) electrons. The number of hydrogen-bond donors (Lipinski definition) is 0. The zero-order valence-electron chi connectivity index (χ0n) is 19.7. The number of para-hydroxylation sites is 1. The first-order valence-electron chi connectivity index (χ1n) is 11.7. The summed E-state index contributed by atoms with van der Waals surface area (Å²) in [6.45, 7) is 4.31. The minimum absolute atomic E-state index is 0.937. The van der Waals surface area contributed by atoms with E-state index in [4.69, 9.17) is 4.42 Å². The number of fused-ring (bicyclic) bond motifs is 3. The fraction of sp³-hybridized carbons (Fsp3) is 0.0938. The third kappa shape index (κ3) is 3.22. The van der Waals surface area contributed by atoms with Crippen molar-refractivity contribution in [1.82, 2.24) is 0 Å². The number of aryl methyl sites for hydroxylation is 3. The highest BCUT2D eigenvalue weighted by Crippen LogP contribution is 2.40. The van der Waals surface area contributed by atoms with Gasteiger partial charge in [-0.2, -0.15) is 0 Å². The van der Waals surface area contributed by atoms with Crippen LogP contribution in [0.25, 0.3) is 55.4 Å². The van der Waals surface area contributed by atoms with Crippen molar-refractivity contribution >= 4 is 21.9 Å². The van der Waals surface area contributed by atoms with E-state index in [-0.39, 0.29) is 0 Å². The lowest BCUT2D eigenvalue weighted by Crippen LogP contribution is -2.30. The molecule has 0 N–H and O–H groups in total. The van der Waals surface area contributed by atoms with Gasteiger partial charge < -0.3 is 4.42 Å². The average Bonchev–Trinajstić information content (AvgIpc) is 3.24. The van der Waals surface area contributed by atoms with Gasteiger partial charge in [0, 0.05) is 28.5 Å². The smallest absolute Gasteiger partial charge is 0.216 e. The normalized spacial score (nSPS) is 11.4. The highest BCUT2D eigenvalue weighted by Gasteiger charge is 2.21. The van der Waals surface area contributed by atoms with E-state index in [1.54, 1.807) is 0 Å². The van der Waals surface area contributed by atoms with Crippen LogP contribution in [0.1, 0.15) is 11.1 Å². The highest BCUT2D eigenvalue weighted by atomic mass is 16.3. The first-order valence-corrected chi connectivity index (χ1v) is 11.7. The summed E-state index contributed by atoms with van der Waals surface area (Å²) in [6, 6.07) is 34.5. The summed E-state index contributed by atoms with van der Waals surface area (Å²) in [5, 5.41) is 2.30. The van der Waals surface area contributed by atoms with Crippen molar-refractivity contribution in [1.29, 1.82) is 0 Å². The Labute approximate surface area is 199 Å². The van der Waals surface area contributed by atoms with Crippen LogP contribution in [0.2, 0.25) is 0 Å². The largest absolute Gasteiger partial charge is 0.454 e. The summed E-state index contributed by atoms with van der Waals surface area (Å²) in [4.78, 5) is 0. The Morgan fingerprint density at radius 3 is 2.00 bits per heavy atom. The van der Waals surface area contributed by atoms with Gasteiger partial charge in [-0.3, -0.25) is 0 Å². The van der Waals surface area contributed by atoms with Crippen LogP contribution < -0.4 is 4.57 Å². The monoisotopic (exact) mass is 440 g/mol. The summed E-state index contributed by atoms with van der Waals surface area (Å²) in [7, 11) is 2.08. The maximum Gasteiger partial charge on any atom is 0.216 e. The van der Waals surface area contributed by atoms with Crippen LogP contribution in [-0.2, 0) is 7.05 Å². The second-order valence-electron chi connectivity index (χ2n) is 9.01. The second kappa shape index (κ2) is 8.00. The zero-order valence-corrected chi connectivity index (χ0v) is 19.7. The number of aromatic nitrogens is 1. The molecule has 4 aromatic carbocycles. The minimum atomic E-state index is 0.937. The molecule has 0 atom stereocenters. The Hall–Kier alpha value is -4.17. The van der Waals surface area contributed by atoms with Crippen LogP contribution in [0.5, 0.6) is 0 Å². The van der Waals surface area contributed by atoms with E-state index < -0.39 is 0 Å². The number of hydrogen-bond acceptors (Lipinski definition) is 1. The molecule has 164 valence electrons. The van der Waals surface area contributed by atoms with Gasteiger partial charge in [-0.25, -0.2) is 4.57 Å². The highest BCUT2D eigenvalue weighted by molar-refractivity contribution is 6.13. The van der Waals surface area contributed by atoms with Crippen molar-refractivity contribution < 1.29 is 8.98 Å². The fourth-order valence-corrected chi connectivity index (χ4v) is 5.02. The van der Waals surface area contributed by atoms with Gasteiger partial charge in [0.1, 0.15) is 18.2 Å². The van der Waals surface area contributed by atoms with Gasteiger partial charge in [0.2, 0.25) is 5.69 Å². The third-order valence-corrected chi connectivity index (χ3v) is 6.84. The van der Waals surface area contributed by atoms with Crippen LogP contribution in [0, 0.1) is 13.8 Å². The molecular formula is C32H26NO+. The molecule has 34 heavy (non-hydrogen) atoms. The molecule has 0 spiro atoms. The van der Waals surface area contributed by atoms with Gasteiger partial charge in [0.05, 0.1) is 5.56 Å². The molecule has 0 bridgehead atoms. The lowest BCUT2D eigenvalue weighted by molar-refractivity contribution is -0.660. The van der Waals surface area contributed by atoms with E-state index >= 15 is 0 Å². The van der Waals surface area contributed by atoms with E-state index in [2.05, 4.69) is 129 Å². The maximum atomic E-state index is 6.68. The maximum absolute atomic E-state index is 6.68. The Kier molecular flexibility index (Phi) is 4.81. The molecule has 2 heteroatoms. The molecule has 0 aliphatic carbocycles. The number of nitrogens with zero attached hydrogens (tertiary/aromatic N) is 1. The average molecular weight is 441 g/mol. The molecule has 0 amide bonds. The van der Waals surface area contributed by atoms with Crippen LogP contribution in [0.3, 0.4) is 0 Å². The molecule has 0 aliphatic heterocycles. The standard InChI is InChI=1S/C32H26NO/c1-21-9-4-5-10-25(21)23-15-17-24(18-16-23)26-11-8-12-27-28-19-14-22(2)30(32(28)34-31(26)27)29-13-6-7-20-33(29)3/h4-20H,1-3H3/q+1. The van der Waals surface area contributed by atoms with Gasteiger partial charge in [-0.1, -0.05) is 78.9 Å². The predicted octanol–water partition coefficient (Wildman–Crippen LogP) is 8.03. The van der Waals surface area contributed by atoms with Crippen molar-refractivity contribution in [3.63, 3.8) is 0 Å². The van der Waals surface area contributed by atoms with Crippen molar-refractivity contribution in [2.45, 2.75) is 13.8 Å². The lowest BCUT2D eigenvalue weighted by atomic mass is 9.96.